The minimum Gasteiger partial charge on any atom is -0.379 e. The Morgan fingerprint density at radius 3 is 2.50 bits per heavy atom. The van der Waals surface area contributed by atoms with Crippen molar-refractivity contribution in [3.8, 4) is 0 Å². The van der Waals surface area contributed by atoms with Gasteiger partial charge in [-0.1, -0.05) is 6.92 Å². The molecule has 0 aliphatic carbocycles. The summed E-state index contributed by atoms with van der Waals surface area (Å²) in [6, 6.07) is 0. The molecule has 0 rings (SSSR count). The summed E-state index contributed by atoms with van der Waals surface area (Å²) in [6.07, 6.45) is 0.0220. The lowest BCUT2D eigenvalue weighted by Crippen LogP contribution is -2.31. The van der Waals surface area contributed by atoms with E-state index >= 15 is 0 Å². The van der Waals surface area contributed by atoms with Gasteiger partial charge >= 0.3 is 0 Å². The average molecular weight is 197 g/mol. The van der Waals surface area contributed by atoms with Crippen molar-refractivity contribution in [1.29, 1.82) is 0 Å². The van der Waals surface area contributed by atoms with Gasteiger partial charge in [0.2, 0.25) is 0 Å². The van der Waals surface area contributed by atoms with Gasteiger partial charge in [-0.05, 0) is 13.0 Å². The lowest BCUT2D eigenvalue weighted by Gasteiger charge is -2.10. The molecule has 6 heteroatoms. The van der Waals surface area contributed by atoms with Crippen LogP contribution in [0.4, 0.5) is 0 Å². The van der Waals surface area contributed by atoms with Crippen molar-refractivity contribution >= 4 is 10.1 Å². The maximum atomic E-state index is 10.2. The first-order valence-electron chi connectivity index (χ1n) is 3.82. The topological polar surface area (TPSA) is 86.6 Å². The SMILES string of the molecule is CCCNC(O)CCS(=O)(=O)O. The Balaban J connectivity index is 3.51. The second-order valence-electron chi connectivity index (χ2n) is 2.54. The lowest BCUT2D eigenvalue weighted by atomic mass is 10.4. The second kappa shape index (κ2) is 5.47. The fraction of sp³-hybridized carbons (Fsp3) is 1.00. The maximum absolute atomic E-state index is 10.2. The van der Waals surface area contributed by atoms with Crippen LogP contribution >= 0.6 is 0 Å². The van der Waals surface area contributed by atoms with E-state index in [0.29, 0.717) is 6.54 Å². The van der Waals surface area contributed by atoms with Gasteiger partial charge in [0.15, 0.2) is 0 Å². The summed E-state index contributed by atoms with van der Waals surface area (Å²) in [5.41, 5.74) is 0. The fourth-order valence-electron chi connectivity index (χ4n) is 0.674. The molecule has 74 valence electrons. The zero-order chi connectivity index (χ0) is 9.61. The monoisotopic (exact) mass is 197 g/mol. The summed E-state index contributed by atoms with van der Waals surface area (Å²) in [5, 5.41) is 11.7. The molecule has 0 aromatic carbocycles. The largest absolute Gasteiger partial charge is 0.379 e. The molecule has 0 radical (unpaired) electrons. The molecule has 0 saturated carbocycles. The number of rotatable bonds is 6. The Kier molecular flexibility index (Phi) is 5.39. The van der Waals surface area contributed by atoms with Gasteiger partial charge in [0.25, 0.3) is 10.1 Å². The van der Waals surface area contributed by atoms with Gasteiger partial charge in [0.1, 0.15) is 6.23 Å². The van der Waals surface area contributed by atoms with Crippen LogP contribution in [0.3, 0.4) is 0 Å². The molecular weight excluding hydrogens is 182 g/mol. The van der Waals surface area contributed by atoms with Crippen LogP contribution in [-0.4, -0.2) is 36.6 Å². The maximum Gasteiger partial charge on any atom is 0.265 e. The van der Waals surface area contributed by atoms with E-state index < -0.39 is 22.1 Å². The molecular formula is C6H15NO4S. The average Bonchev–Trinajstić information content (AvgIpc) is 1.95. The molecule has 0 saturated heterocycles. The van der Waals surface area contributed by atoms with Crippen LogP contribution < -0.4 is 5.32 Å². The molecule has 0 aliphatic rings. The van der Waals surface area contributed by atoms with E-state index in [9.17, 15) is 8.42 Å². The molecule has 0 amide bonds. The first-order chi connectivity index (χ1) is 5.45. The molecule has 12 heavy (non-hydrogen) atoms. The zero-order valence-electron chi connectivity index (χ0n) is 7.02. The van der Waals surface area contributed by atoms with Crippen LogP contribution in [0.25, 0.3) is 0 Å². The van der Waals surface area contributed by atoms with E-state index in [1.165, 1.54) is 0 Å². The van der Waals surface area contributed by atoms with Gasteiger partial charge in [-0.25, -0.2) is 0 Å². The van der Waals surface area contributed by atoms with E-state index in [1.807, 2.05) is 6.92 Å². The second-order valence-corrected chi connectivity index (χ2v) is 4.12. The third kappa shape index (κ3) is 7.93. The van der Waals surface area contributed by atoms with Crippen molar-refractivity contribution in [2.24, 2.45) is 0 Å². The van der Waals surface area contributed by atoms with Gasteiger partial charge in [0.05, 0.1) is 5.75 Å². The van der Waals surface area contributed by atoms with Crippen molar-refractivity contribution in [3.05, 3.63) is 0 Å². The van der Waals surface area contributed by atoms with Crippen LogP contribution in [0.2, 0.25) is 0 Å². The van der Waals surface area contributed by atoms with Gasteiger partial charge in [-0.15, -0.1) is 0 Å². The van der Waals surface area contributed by atoms with Crippen LogP contribution in [0.1, 0.15) is 19.8 Å². The number of hydrogen-bond acceptors (Lipinski definition) is 4. The first kappa shape index (κ1) is 11.8. The molecule has 0 fully saturated rings. The van der Waals surface area contributed by atoms with E-state index in [2.05, 4.69) is 5.32 Å². The van der Waals surface area contributed by atoms with Gasteiger partial charge < -0.3 is 5.11 Å². The minimum absolute atomic E-state index is 0.0127. The summed E-state index contributed by atoms with van der Waals surface area (Å²) in [5.74, 6) is -0.412. The molecule has 0 spiro atoms. The fourth-order valence-corrected chi connectivity index (χ4v) is 1.19. The molecule has 0 aromatic rings. The van der Waals surface area contributed by atoms with E-state index in [-0.39, 0.29) is 6.42 Å². The summed E-state index contributed by atoms with van der Waals surface area (Å²) in [6.45, 7) is 2.56. The Hall–Kier alpha value is -0.170. The number of hydrogen-bond donors (Lipinski definition) is 3. The predicted octanol–water partition coefficient (Wildman–Crippen LogP) is -0.418. The first-order valence-corrected chi connectivity index (χ1v) is 5.43. The Morgan fingerprint density at radius 1 is 1.50 bits per heavy atom. The highest BCUT2D eigenvalue weighted by Crippen LogP contribution is 1.92. The van der Waals surface area contributed by atoms with Crippen molar-refractivity contribution < 1.29 is 18.1 Å². The number of aliphatic hydroxyl groups excluding tert-OH is 1. The standard InChI is InChI=1S/C6H15NO4S/c1-2-4-7-6(8)3-5-12(9,10)11/h6-8H,2-5H2,1H3,(H,9,10,11). The van der Waals surface area contributed by atoms with E-state index in [0.717, 1.165) is 6.42 Å². The molecule has 0 aromatic heterocycles. The number of aliphatic hydroxyl groups is 1. The highest BCUT2D eigenvalue weighted by atomic mass is 32.2. The van der Waals surface area contributed by atoms with Crippen LogP contribution in [-0.2, 0) is 10.1 Å². The summed E-state index contributed by atoms with van der Waals surface area (Å²) in [4.78, 5) is 0. The lowest BCUT2D eigenvalue weighted by molar-refractivity contribution is 0.133. The summed E-state index contributed by atoms with van der Waals surface area (Å²) < 4.78 is 28.8. The van der Waals surface area contributed by atoms with Crippen molar-refractivity contribution in [2.75, 3.05) is 12.3 Å². The summed E-state index contributed by atoms with van der Waals surface area (Å²) in [7, 11) is -3.94. The normalized spacial score (nSPS) is 14.6. The Bertz CT molecular complexity index is 202. The van der Waals surface area contributed by atoms with Crippen LogP contribution in [0.15, 0.2) is 0 Å². The summed E-state index contributed by atoms with van der Waals surface area (Å²) >= 11 is 0. The molecule has 5 nitrogen and oxygen atoms in total. The van der Waals surface area contributed by atoms with Crippen LogP contribution in [0.5, 0.6) is 0 Å². The minimum atomic E-state index is -3.94. The zero-order valence-corrected chi connectivity index (χ0v) is 7.84. The quantitative estimate of drug-likeness (QED) is 0.398. The Labute approximate surface area is 72.5 Å². The third-order valence-electron chi connectivity index (χ3n) is 1.28. The number of nitrogens with one attached hydrogen (secondary N) is 1. The van der Waals surface area contributed by atoms with Crippen molar-refractivity contribution in [2.45, 2.75) is 26.0 Å². The van der Waals surface area contributed by atoms with Gasteiger partial charge in [-0.3, -0.25) is 9.87 Å². The van der Waals surface area contributed by atoms with Gasteiger partial charge in [-0.2, -0.15) is 8.42 Å². The molecule has 3 N–H and O–H groups in total. The molecule has 0 heterocycles. The smallest absolute Gasteiger partial charge is 0.265 e. The molecule has 1 atom stereocenters. The predicted molar refractivity (Wildman–Crippen MR) is 45.3 cm³/mol. The third-order valence-corrected chi connectivity index (χ3v) is 2.03. The molecule has 1 unspecified atom stereocenters. The van der Waals surface area contributed by atoms with Crippen LogP contribution in [0, 0.1) is 0 Å². The van der Waals surface area contributed by atoms with E-state index in [4.69, 9.17) is 9.66 Å². The Morgan fingerprint density at radius 2 is 2.08 bits per heavy atom. The van der Waals surface area contributed by atoms with Gasteiger partial charge in [0, 0.05) is 6.42 Å². The highest BCUT2D eigenvalue weighted by molar-refractivity contribution is 7.85. The molecule has 0 bridgehead atoms. The van der Waals surface area contributed by atoms with Crippen molar-refractivity contribution in [1.82, 2.24) is 5.32 Å². The highest BCUT2D eigenvalue weighted by Gasteiger charge is 2.09. The van der Waals surface area contributed by atoms with Crippen molar-refractivity contribution in [3.63, 3.8) is 0 Å². The molecule has 0 aliphatic heterocycles. The van der Waals surface area contributed by atoms with E-state index in [1.54, 1.807) is 0 Å².